The predicted octanol–water partition coefficient (Wildman–Crippen LogP) is 5.25. The standard InChI is InChI=1S/C21H27BrN2O2/c1-6-24(14(2)3)13-16-7-9-17(10-8-16)21(25)23-20-15(4)11-18(22)12-19(20)26-5/h7-12,14H,6,13H2,1-5H3,(H,23,25). The molecular formula is C21H27BrN2O2. The summed E-state index contributed by atoms with van der Waals surface area (Å²) in [4.78, 5) is 15.0. The number of carbonyl (C=O) groups excluding carboxylic acids is 1. The molecule has 0 aliphatic rings. The Morgan fingerprint density at radius 2 is 1.88 bits per heavy atom. The van der Waals surface area contributed by atoms with Crippen molar-refractivity contribution in [2.24, 2.45) is 0 Å². The lowest BCUT2D eigenvalue weighted by molar-refractivity contribution is 0.102. The van der Waals surface area contributed by atoms with Crippen molar-refractivity contribution in [2.45, 2.75) is 40.3 Å². The van der Waals surface area contributed by atoms with E-state index in [1.807, 2.05) is 43.3 Å². The van der Waals surface area contributed by atoms with Gasteiger partial charge < -0.3 is 10.1 Å². The predicted molar refractivity (Wildman–Crippen MR) is 111 cm³/mol. The van der Waals surface area contributed by atoms with Gasteiger partial charge in [0.05, 0.1) is 12.8 Å². The third-order valence-corrected chi connectivity index (χ3v) is 4.92. The van der Waals surface area contributed by atoms with Crippen LogP contribution in [-0.2, 0) is 6.54 Å². The van der Waals surface area contributed by atoms with Crippen molar-refractivity contribution in [3.63, 3.8) is 0 Å². The first-order valence-corrected chi connectivity index (χ1v) is 9.63. The van der Waals surface area contributed by atoms with Gasteiger partial charge in [-0.1, -0.05) is 35.0 Å². The van der Waals surface area contributed by atoms with Gasteiger partial charge in [-0.15, -0.1) is 0 Å². The third-order valence-electron chi connectivity index (χ3n) is 4.46. The summed E-state index contributed by atoms with van der Waals surface area (Å²) < 4.78 is 6.31. The maximum Gasteiger partial charge on any atom is 0.255 e. The largest absolute Gasteiger partial charge is 0.495 e. The number of rotatable bonds is 7. The Bertz CT molecular complexity index is 757. The molecule has 4 nitrogen and oxygen atoms in total. The van der Waals surface area contributed by atoms with Crippen LogP contribution in [0.2, 0.25) is 0 Å². The molecule has 1 N–H and O–H groups in total. The second-order valence-corrected chi connectivity index (χ2v) is 7.52. The Labute approximate surface area is 164 Å². The molecule has 0 saturated heterocycles. The average Bonchev–Trinajstić information content (AvgIpc) is 2.61. The fraction of sp³-hybridized carbons (Fsp3) is 0.381. The summed E-state index contributed by atoms with van der Waals surface area (Å²) in [6.07, 6.45) is 0. The molecule has 2 aromatic rings. The Kier molecular flexibility index (Phi) is 7.23. The van der Waals surface area contributed by atoms with E-state index in [-0.39, 0.29) is 5.91 Å². The summed E-state index contributed by atoms with van der Waals surface area (Å²) in [5.41, 5.74) is 3.47. The van der Waals surface area contributed by atoms with E-state index in [1.165, 1.54) is 5.56 Å². The van der Waals surface area contributed by atoms with Crippen LogP contribution < -0.4 is 10.1 Å². The SMILES string of the molecule is CCN(Cc1ccc(C(=O)Nc2c(C)cc(Br)cc2OC)cc1)C(C)C. The first-order chi connectivity index (χ1) is 12.3. The summed E-state index contributed by atoms with van der Waals surface area (Å²) in [6, 6.07) is 12.1. The molecule has 0 saturated carbocycles. The van der Waals surface area contributed by atoms with Gasteiger partial charge in [0.25, 0.3) is 5.91 Å². The molecule has 0 bridgehead atoms. The molecule has 0 unspecified atom stereocenters. The van der Waals surface area contributed by atoms with E-state index in [0.29, 0.717) is 23.0 Å². The normalized spacial score (nSPS) is 11.1. The molecule has 26 heavy (non-hydrogen) atoms. The number of hydrogen-bond donors (Lipinski definition) is 1. The third kappa shape index (κ3) is 5.08. The molecule has 0 aliphatic heterocycles. The molecule has 0 fully saturated rings. The maximum absolute atomic E-state index is 12.6. The first-order valence-electron chi connectivity index (χ1n) is 8.84. The minimum Gasteiger partial charge on any atom is -0.495 e. The number of hydrogen-bond acceptors (Lipinski definition) is 3. The van der Waals surface area contributed by atoms with Gasteiger partial charge in [-0.2, -0.15) is 0 Å². The summed E-state index contributed by atoms with van der Waals surface area (Å²) in [5, 5.41) is 2.97. The number of methoxy groups -OCH3 is 1. The molecule has 2 rings (SSSR count). The average molecular weight is 419 g/mol. The highest BCUT2D eigenvalue weighted by molar-refractivity contribution is 9.10. The van der Waals surface area contributed by atoms with Gasteiger partial charge in [0, 0.05) is 22.6 Å². The molecule has 140 valence electrons. The lowest BCUT2D eigenvalue weighted by atomic mass is 10.1. The quantitative estimate of drug-likeness (QED) is 0.667. The molecule has 0 radical (unpaired) electrons. The summed E-state index contributed by atoms with van der Waals surface area (Å²) in [7, 11) is 1.60. The van der Waals surface area contributed by atoms with Crippen LogP contribution in [-0.4, -0.2) is 30.5 Å². The van der Waals surface area contributed by atoms with Crippen molar-refractivity contribution in [1.82, 2.24) is 4.90 Å². The lowest BCUT2D eigenvalue weighted by Gasteiger charge is -2.24. The number of halogens is 1. The smallest absolute Gasteiger partial charge is 0.255 e. The minimum atomic E-state index is -0.142. The highest BCUT2D eigenvalue weighted by Crippen LogP contribution is 2.32. The highest BCUT2D eigenvalue weighted by atomic mass is 79.9. The van der Waals surface area contributed by atoms with E-state index < -0.39 is 0 Å². The van der Waals surface area contributed by atoms with Crippen LogP contribution in [0.5, 0.6) is 5.75 Å². The van der Waals surface area contributed by atoms with E-state index in [9.17, 15) is 4.79 Å². The van der Waals surface area contributed by atoms with Gasteiger partial charge in [-0.25, -0.2) is 0 Å². The van der Waals surface area contributed by atoms with Crippen LogP contribution in [0.3, 0.4) is 0 Å². The van der Waals surface area contributed by atoms with Crippen molar-refractivity contribution in [3.05, 3.63) is 57.6 Å². The zero-order valence-electron chi connectivity index (χ0n) is 16.1. The number of aryl methyl sites for hydroxylation is 1. The van der Waals surface area contributed by atoms with E-state index in [4.69, 9.17) is 4.74 Å². The van der Waals surface area contributed by atoms with E-state index in [0.717, 1.165) is 23.1 Å². The van der Waals surface area contributed by atoms with Gasteiger partial charge in [0.1, 0.15) is 5.75 Å². The zero-order valence-corrected chi connectivity index (χ0v) is 17.7. The summed E-state index contributed by atoms with van der Waals surface area (Å²) >= 11 is 3.45. The topological polar surface area (TPSA) is 41.6 Å². The van der Waals surface area contributed by atoms with E-state index in [1.54, 1.807) is 7.11 Å². The van der Waals surface area contributed by atoms with Crippen LogP contribution in [0, 0.1) is 6.92 Å². The zero-order chi connectivity index (χ0) is 19.3. The van der Waals surface area contributed by atoms with Gasteiger partial charge >= 0.3 is 0 Å². The second kappa shape index (κ2) is 9.19. The van der Waals surface area contributed by atoms with Crippen LogP contribution in [0.25, 0.3) is 0 Å². The van der Waals surface area contributed by atoms with Crippen molar-refractivity contribution >= 4 is 27.5 Å². The molecule has 0 spiro atoms. The highest BCUT2D eigenvalue weighted by Gasteiger charge is 2.14. The van der Waals surface area contributed by atoms with Crippen LogP contribution >= 0.6 is 15.9 Å². The Balaban J connectivity index is 2.14. The van der Waals surface area contributed by atoms with E-state index in [2.05, 4.69) is 46.9 Å². The van der Waals surface area contributed by atoms with Gasteiger partial charge in [0.2, 0.25) is 0 Å². The molecule has 5 heteroatoms. The molecule has 0 aliphatic carbocycles. The fourth-order valence-corrected chi connectivity index (χ4v) is 3.43. The van der Waals surface area contributed by atoms with E-state index >= 15 is 0 Å². The molecule has 1 amide bonds. The molecular weight excluding hydrogens is 392 g/mol. The monoisotopic (exact) mass is 418 g/mol. The van der Waals surface area contributed by atoms with Crippen LogP contribution in [0.15, 0.2) is 40.9 Å². The van der Waals surface area contributed by atoms with Crippen LogP contribution in [0.1, 0.15) is 42.3 Å². The van der Waals surface area contributed by atoms with Crippen molar-refractivity contribution < 1.29 is 9.53 Å². The molecule has 0 aromatic heterocycles. The van der Waals surface area contributed by atoms with Crippen molar-refractivity contribution in [1.29, 1.82) is 0 Å². The number of carbonyl (C=O) groups is 1. The number of nitrogens with one attached hydrogen (secondary N) is 1. The second-order valence-electron chi connectivity index (χ2n) is 6.61. The minimum absolute atomic E-state index is 0.142. The summed E-state index contributed by atoms with van der Waals surface area (Å²) in [6.45, 7) is 10.4. The summed E-state index contributed by atoms with van der Waals surface area (Å²) in [5.74, 6) is 0.494. The van der Waals surface area contributed by atoms with Crippen molar-refractivity contribution in [2.75, 3.05) is 19.0 Å². The van der Waals surface area contributed by atoms with Crippen molar-refractivity contribution in [3.8, 4) is 5.75 Å². The number of nitrogens with zero attached hydrogens (tertiary/aromatic N) is 1. The van der Waals surface area contributed by atoms with Gasteiger partial charge in [-0.3, -0.25) is 9.69 Å². The first kappa shape index (κ1) is 20.5. The Morgan fingerprint density at radius 3 is 2.42 bits per heavy atom. The number of ether oxygens (including phenoxy) is 1. The van der Waals surface area contributed by atoms with Gasteiger partial charge in [-0.05, 0) is 62.7 Å². The molecule has 2 aromatic carbocycles. The Hall–Kier alpha value is -1.85. The van der Waals surface area contributed by atoms with Gasteiger partial charge in [0.15, 0.2) is 0 Å². The number of anilines is 1. The molecule has 0 heterocycles. The molecule has 0 atom stereocenters. The maximum atomic E-state index is 12.6. The van der Waals surface area contributed by atoms with Crippen LogP contribution in [0.4, 0.5) is 5.69 Å². The fourth-order valence-electron chi connectivity index (χ4n) is 2.87. The number of amides is 1. The Morgan fingerprint density at radius 1 is 1.23 bits per heavy atom. The number of benzene rings is 2. The lowest BCUT2D eigenvalue weighted by Crippen LogP contribution is -2.29.